The second kappa shape index (κ2) is 9.82. The molecule has 1 fully saturated rings. The summed E-state index contributed by atoms with van der Waals surface area (Å²) in [4.78, 5) is 15.0. The number of carbonyl (C=O) groups excluding carboxylic acids is 1. The Morgan fingerprint density at radius 3 is 2.69 bits per heavy atom. The van der Waals surface area contributed by atoms with Crippen molar-refractivity contribution in [2.75, 3.05) is 36.5 Å². The second-order valence-corrected chi connectivity index (χ2v) is 9.34. The molecule has 1 aliphatic rings. The van der Waals surface area contributed by atoms with Crippen LogP contribution < -0.4 is 10.2 Å². The molecule has 158 valence electrons. The summed E-state index contributed by atoms with van der Waals surface area (Å²) < 4.78 is 7.57. The van der Waals surface area contributed by atoms with Crippen molar-refractivity contribution >= 4 is 40.9 Å². The third-order valence-electron chi connectivity index (χ3n) is 4.65. The SMILES string of the molecule is Cc1ccc(Cl)cc1NC(=O)C(C)Sc1nnc(N2CCOCC2)n1CC(C)C. The van der Waals surface area contributed by atoms with Gasteiger partial charge in [-0.25, -0.2) is 0 Å². The Kier molecular flexibility index (Phi) is 7.43. The molecule has 1 N–H and O–H groups in total. The van der Waals surface area contributed by atoms with Gasteiger partial charge in [0.15, 0.2) is 5.16 Å². The van der Waals surface area contributed by atoms with Crippen LogP contribution in [0.1, 0.15) is 26.3 Å². The summed E-state index contributed by atoms with van der Waals surface area (Å²) in [5.41, 5.74) is 1.70. The molecular weight excluding hydrogens is 410 g/mol. The minimum atomic E-state index is -0.332. The fourth-order valence-electron chi connectivity index (χ4n) is 3.07. The molecule has 7 nitrogen and oxygen atoms in total. The van der Waals surface area contributed by atoms with Gasteiger partial charge in [0.2, 0.25) is 11.9 Å². The molecule has 1 aliphatic heterocycles. The van der Waals surface area contributed by atoms with E-state index in [1.165, 1.54) is 11.8 Å². The zero-order valence-electron chi connectivity index (χ0n) is 17.3. The molecule has 3 rings (SSSR count). The highest BCUT2D eigenvalue weighted by molar-refractivity contribution is 8.00. The van der Waals surface area contributed by atoms with Gasteiger partial charge in [-0.15, -0.1) is 10.2 Å². The number of thioether (sulfide) groups is 1. The Morgan fingerprint density at radius 2 is 2.00 bits per heavy atom. The average molecular weight is 438 g/mol. The quantitative estimate of drug-likeness (QED) is 0.663. The number of hydrogen-bond donors (Lipinski definition) is 1. The molecule has 1 aromatic carbocycles. The van der Waals surface area contributed by atoms with Crippen molar-refractivity contribution in [2.24, 2.45) is 5.92 Å². The van der Waals surface area contributed by atoms with E-state index < -0.39 is 0 Å². The number of aromatic nitrogens is 3. The maximum atomic E-state index is 12.8. The highest BCUT2D eigenvalue weighted by Gasteiger charge is 2.24. The van der Waals surface area contributed by atoms with E-state index in [2.05, 4.69) is 38.8 Å². The molecular formula is C20H28ClN5O2S. The summed E-state index contributed by atoms with van der Waals surface area (Å²) in [7, 11) is 0. The summed E-state index contributed by atoms with van der Waals surface area (Å²) in [6.07, 6.45) is 0. The molecule has 1 saturated heterocycles. The smallest absolute Gasteiger partial charge is 0.237 e. The lowest BCUT2D eigenvalue weighted by molar-refractivity contribution is -0.115. The van der Waals surface area contributed by atoms with E-state index in [1.807, 2.05) is 26.0 Å². The average Bonchev–Trinajstić information content (AvgIpc) is 3.07. The van der Waals surface area contributed by atoms with Crippen molar-refractivity contribution in [2.45, 2.75) is 44.6 Å². The number of carbonyl (C=O) groups is 1. The van der Waals surface area contributed by atoms with Crippen molar-refractivity contribution in [1.82, 2.24) is 14.8 Å². The number of halogens is 1. The van der Waals surface area contributed by atoms with E-state index in [0.29, 0.717) is 24.2 Å². The van der Waals surface area contributed by atoms with E-state index in [-0.39, 0.29) is 11.2 Å². The number of hydrogen-bond acceptors (Lipinski definition) is 6. The molecule has 1 atom stereocenters. The van der Waals surface area contributed by atoms with Crippen molar-refractivity contribution in [1.29, 1.82) is 0 Å². The van der Waals surface area contributed by atoms with Crippen LogP contribution in [0, 0.1) is 12.8 Å². The zero-order chi connectivity index (χ0) is 21.0. The summed E-state index contributed by atoms with van der Waals surface area (Å²) in [6, 6.07) is 5.47. The number of rotatable bonds is 7. The fraction of sp³-hybridized carbons (Fsp3) is 0.550. The Morgan fingerprint density at radius 1 is 1.28 bits per heavy atom. The number of nitrogens with one attached hydrogen (secondary N) is 1. The second-order valence-electron chi connectivity index (χ2n) is 7.60. The molecule has 29 heavy (non-hydrogen) atoms. The predicted molar refractivity (Wildman–Crippen MR) is 118 cm³/mol. The molecule has 2 aromatic rings. The third-order valence-corrected chi connectivity index (χ3v) is 5.96. The molecule has 0 saturated carbocycles. The summed E-state index contributed by atoms with van der Waals surface area (Å²) in [5, 5.41) is 12.8. The van der Waals surface area contributed by atoms with Crippen LogP contribution in [0.5, 0.6) is 0 Å². The van der Waals surface area contributed by atoms with Gasteiger partial charge in [0.1, 0.15) is 0 Å². The number of anilines is 2. The van der Waals surface area contributed by atoms with Crippen LogP contribution in [0.15, 0.2) is 23.4 Å². The lowest BCUT2D eigenvalue weighted by Crippen LogP contribution is -2.38. The first-order valence-electron chi connectivity index (χ1n) is 9.84. The number of aryl methyl sites for hydroxylation is 1. The van der Waals surface area contributed by atoms with Gasteiger partial charge in [0, 0.05) is 30.3 Å². The summed E-state index contributed by atoms with van der Waals surface area (Å²) in [6.45, 7) is 11.9. The molecule has 2 heterocycles. The standard InChI is InChI=1S/C20H28ClN5O2S/c1-13(2)12-26-19(25-7-9-28-10-8-25)23-24-20(26)29-15(4)18(27)22-17-11-16(21)6-5-14(17)3/h5-6,11,13,15H,7-10,12H2,1-4H3,(H,22,27). The largest absolute Gasteiger partial charge is 0.378 e. The number of amides is 1. The highest BCUT2D eigenvalue weighted by Crippen LogP contribution is 2.28. The molecule has 9 heteroatoms. The molecule has 1 aromatic heterocycles. The minimum absolute atomic E-state index is 0.0904. The monoisotopic (exact) mass is 437 g/mol. The van der Waals surface area contributed by atoms with Crippen LogP contribution in [0.2, 0.25) is 5.02 Å². The van der Waals surface area contributed by atoms with Gasteiger partial charge < -0.3 is 15.0 Å². The van der Waals surface area contributed by atoms with Gasteiger partial charge in [-0.2, -0.15) is 0 Å². The van der Waals surface area contributed by atoms with Crippen LogP contribution in [-0.4, -0.2) is 52.2 Å². The molecule has 1 unspecified atom stereocenters. The topological polar surface area (TPSA) is 72.3 Å². The summed E-state index contributed by atoms with van der Waals surface area (Å²) >= 11 is 7.48. The van der Waals surface area contributed by atoms with Crippen LogP contribution in [-0.2, 0) is 16.1 Å². The number of ether oxygens (including phenoxy) is 1. The zero-order valence-corrected chi connectivity index (χ0v) is 18.9. The van der Waals surface area contributed by atoms with Gasteiger partial charge >= 0.3 is 0 Å². The van der Waals surface area contributed by atoms with Gasteiger partial charge in [-0.1, -0.05) is 43.3 Å². The van der Waals surface area contributed by atoms with Crippen LogP contribution in [0.3, 0.4) is 0 Å². The fourth-order valence-corrected chi connectivity index (χ4v) is 4.09. The molecule has 1 amide bonds. The Labute approximate surface area is 181 Å². The Bertz CT molecular complexity index is 851. The third kappa shape index (κ3) is 5.65. The van der Waals surface area contributed by atoms with E-state index in [4.69, 9.17) is 16.3 Å². The van der Waals surface area contributed by atoms with Gasteiger partial charge in [0.05, 0.1) is 18.5 Å². The molecule has 0 spiro atoms. The maximum absolute atomic E-state index is 12.8. The Hall–Kier alpha value is -1.77. The van der Waals surface area contributed by atoms with Crippen molar-refractivity contribution in [3.05, 3.63) is 28.8 Å². The van der Waals surface area contributed by atoms with Crippen molar-refractivity contribution in [3.8, 4) is 0 Å². The molecule has 0 radical (unpaired) electrons. The minimum Gasteiger partial charge on any atom is -0.378 e. The van der Waals surface area contributed by atoms with Crippen LogP contribution in [0.4, 0.5) is 11.6 Å². The molecule has 0 aliphatic carbocycles. The maximum Gasteiger partial charge on any atom is 0.237 e. The van der Waals surface area contributed by atoms with Gasteiger partial charge in [-0.05, 0) is 37.5 Å². The lowest BCUT2D eigenvalue weighted by atomic mass is 10.2. The molecule has 0 bridgehead atoms. The van der Waals surface area contributed by atoms with E-state index in [0.717, 1.165) is 42.0 Å². The van der Waals surface area contributed by atoms with E-state index >= 15 is 0 Å². The summed E-state index contributed by atoms with van der Waals surface area (Å²) in [5.74, 6) is 1.19. The van der Waals surface area contributed by atoms with E-state index in [1.54, 1.807) is 6.07 Å². The predicted octanol–water partition coefficient (Wildman–Crippen LogP) is 3.85. The number of morpholine rings is 1. The Balaban J connectivity index is 1.74. The van der Waals surface area contributed by atoms with Crippen LogP contribution >= 0.6 is 23.4 Å². The number of nitrogens with zero attached hydrogens (tertiary/aromatic N) is 4. The normalized spacial score (nSPS) is 15.6. The highest BCUT2D eigenvalue weighted by atomic mass is 35.5. The van der Waals surface area contributed by atoms with Crippen molar-refractivity contribution < 1.29 is 9.53 Å². The van der Waals surface area contributed by atoms with Crippen molar-refractivity contribution in [3.63, 3.8) is 0 Å². The van der Waals surface area contributed by atoms with E-state index in [9.17, 15) is 4.79 Å². The van der Waals surface area contributed by atoms with Gasteiger partial charge in [-0.3, -0.25) is 9.36 Å². The first-order valence-corrected chi connectivity index (χ1v) is 11.1. The number of benzene rings is 1. The first kappa shape index (κ1) is 21.9. The van der Waals surface area contributed by atoms with Gasteiger partial charge in [0.25, 0.3) is 0 Å². The lowest BCUT2D eigenvalue weighted by Gasteiger charge is -2.28. The van der Waals surface area contributed by atoms with Crippen LogP contribution in [0.25, 0.3) is 0 Å². The first-order chi connectivity index (χ1) is 13.8.